The van der Waals surface area contributed by atoms with Crippen molar-refractivity contribution in [2.75, 3.05) is 0 Å². The van der Waals surface area contributed by atoms with E-state index in [1.807, 2.05) is 42.6 Å². The summed E-state index contributed by atoms with van der Waals surface area (Å²) in [6.07, 6.45) is 7.15. The third kappa shape index (κ3) is 2.04. The van der Waals surface area contributed by atoms with Crippen molar-refractivity contribution in [2.24, 2.45) is 0 Å². The van der Waals surface area contributed by atoms with E-state index in [1.165, 1.54) is 0 Å². The molecule has 0 aliphatic heterocycles. The van der Waals surface area contributed by atoms with Gasteiger partial charge in [-0.25, -0.2) is 9.97 Å². The SMILES string of the molecule is c1ccc(-c2nc(-c3cccnc3)c3cc[nH]c3n2)nc1. The maximum Gasteiger partial charge on any atom is 0.180 e. The first-order valence-corrected chi connectivity index (χ1v) is 6.59. The van der Waals surface area contributed by atoms with Crippen LogP contribution in [-0.2, 0) is 0 Å². The van der Waals surface area contributed by atoms with Gasteiger partial charge < -0.3 is 4.98 Å². The Morgan fingerprint density at radius 3 is 2.71 bits per heavy atom. The number of fused-ring (bicyclic) bond motifs is 1. The number of aromatic amines is 1. The second-order valence-electron chi connectivity index (χ2n) is 4.59. The highest BCUT2D eigenvalue weighted by Crippen LogP contribution is 2.27. The molecule has 4 rings (SSSR count). The molecule has 0 saturated carbocycles. The number of nitrogens with zero attached hydrogens (tertiary/aromatic N) is 4. The zero-order valence-electron chi connectivity index (χ0n) is 11.1. The van der Waals surface area contributed by atoms with E-state index in [-0.39, 0.29) is 0 Å². The Labute approximate surface area is 120 Å². The van der Waals surface area contributed by atoms with E-state index in [4.69, 9.17) is 0 Å². The highest BCUT2D eigenvalue weighted by atomic mass is 15.0. The molecule has 0 bridgehead atoms. The van der Waals surface area contributed by atoms with Crippen molar-refractivity contribution in [1.82, 2.24) is 24.9 Å². The fraction of sp³-hybridized carbons (Fsp3) is 0. The number of hydrogen-bond donors (Lipinski definition) is 1. The number of pyridine rings is 2. The van der Waals surface area contributed by atoms with E-state index in [0.29, 0.717) is 5.82 Å². The lowest BCUT2D eigenvalue weighted by Crippen LogP contribution is -1.95. The van der Waals surface area contributed by atoms with Crippen molar-refractivity contribution in [3.63, 3.8) is 0 Å². The molecule has 5 heteroatoms. The fourth-order valence-corrected chi connectivity index (χ4v) is 2.27. The summed E-state index contributed by atoms with van der Waals surface area (Å²) >= 11 is 0. The molecule has 5 nitrogen and oxygen atoms in total. The molecule has 0 saturated heterocycles. The molecule has 0 aliphatic rings. The molecule has 0 atom stereocenters. The Kier molecular flexibility index (Phi) is 2.67. The van der Waals surface area contributed by atoms with Crippen LogP contribution in [0.2, 0.25) is 0 Å². The van der Waals surface area contributed by atoms with Crippen LogP contribution in [0.15, 0.2) is 61.2 Å². The van der Waals surface area contributed by atoms with Crippen LogP contribution in [0.1, 0.15) is 0 Å². The maximum atomic E-state index is 4.68. The quantitative estimate of drug-likeness (QED) is 0.609. The molecular formula is C16H11N5. The monoisotopic (exact) mass is 273 g/mol. The molecule has 100 valence electrons. The summed E-state index contributed by atoms with van der Waals surface area (Å²) in [5.41, 5.74) is 3.36. The average Bonchev–Trinajstić information content (AvgIpc) is 3.04. The van der Waals surface area contributed by atoms with E-state index in [9.17, 15) is 0 Å². The van der Waals surface area contributed by atoms with Crippen LogP contribution in [0.4, 0.5) is 0 Å². The standard InChI is InChI=1S/C16H11N5/c1-2-8-18-13(5-1)16-20-14(11-4-3-7-17-10-11)12-6-9-19-15(12)21-16/h1-10H,(H,19,20,21). The summed E-state index contributed by atoms with van der Waals surface area (Å²) in [5, 5.41) is 0.975. The summed E-state index contributed by atoms with van der Waals surface area (Å²) in [7, 11) is 0. The lowest BCUT2D eigenvalue weighted by Gasteiger charge is -2.05. The van der Waals surface area contributed by atoms with Crippen molar-refractivity contribution in [1.29, 1.82) is 0 Å². The predicted molar refractivity (Wildman–Crippen MR) is 80.4 cm³/mol. The minimum absolute atomic E-state index is 0.601. The normalized spacial score (nSPS) is 10.9. The van der Waals surface area contributed by atoms with Gasteiger partial charge >= 0.3 is 0 Å². The Morgan fingerprint density at radius 1 is 0.905 bits per heavy atom. The molecule has 0 amide bonds. The molecule has 4 heterocycles. The van der Waals surface area contributed by atoms with Gasteiger partial charge in [0.25, 0.3) is 0 Å². The van der Waals surface area contributed by atoms with Gasteiger partial charge in [0, 0.05) is 35.7 Å². The van der Waals surface area contributed by atoms with Crippen LogP contribution in [0, 0.1) is 0 Å². The van der Waals surface area contributed by atoms with Gasteiger partial charge in [-0.1, -0.05) is 6.07 Å². The van der Waals surface area contributed by atoms with E-state index < -0.39 is 0 Å². The Morgan fingerprint density at radius 2 is 1.90 bits per heavy atom. The molecular weight excluding hydrogens is 262 g/mol. The molecule has 0 aliphatic carbocycles. The molecule has 4 aromatic heterocycles. The van der Waals surface area contributed by atoms with Gasteiger partial charge in [0.1, 0.15) is 11.3 Å². The van der Waals surface area contributed by atoms with Crippen molar-refractivity contribution < 1.29 is 0 Å². The minimum atomic E-state index is 0.601. The highest BCUT2D eigenvalue weighted by Gasteiger charge is 2.12. The maximum absolute atomic E-state index is 4.68. The Balaban J connectivity index is 2.00. The van der Waals surface area contributed by atoms with Crippen molar-refractivity contribution in [3.05, 3.63) is 61.2 Å². The second-order valence-corrected chi connectivity index (χ2v) is 4.59. The second kappa shape index (κ2) is 4.79. The van der Waals surface area contributed by atoms with Crippen LogP contribution < -0.4 is 0 Å². The highest BCUT2D eigenvalue weighted by molar-refractivity contribution is 5.91. The van der Waals surface area contributed by atoms with Crippen LogP contribution in [0.25, 0.3) is 33.8 Å². The minimum Gasteiger partial charge on any atom is -0.346 e. The zero-order chi connectivity index (χ0) is 14.1. The first kappa shape index (κ1) is 11.7. The van der Waals surface area contributed by atoms with E-state index >= 15 is 0 Å². The molecule has 0 unspecified atom stereocenters. The molecule has 0 aromatic carbocycles. The predicted octanol–water partition coefficient (Wildman–Crippen LogP) is 3.08. The summed E-state index contributed by atoms with van der Waals surface area (Å²) in [6.45, 7) is 0. The Hall–Kier alpha value is -3.08. The van der Waals surface area contributed by atoms with E-state index in [0.717, 1.165) is 28.0 Å². The van der Waals surface area contributed by atoms with Crippen LogP contribution >= 0.6 is 0 Å². The first-order valence-electron chi connectivity index (χ1n) is 6.59. The zero-order valence-corrected chi connectivity index (χ0v) is 11.1. The van der Waals surface area contributed by atoms with Gasteiger partial charge in [-0.2, -0.15) is 0 Å². The lowest BCUT2D eigenvalue weighted by molar-refractivity contribution is 1.16. The molecule has 0 spiro atoms. The summed E-state index contributed by atoms with van der Waals surface area (Å²) in [5.74, 6) is 0.601. The number of aromatic nitrogens is 5. The van der Waals surface area contributed by atoms with Gasteiger partial charge in [0.2, 0.25) is 0 Å². The van der Waals surface area contributed by atoms with E-state index in [1.54, 1.807) is 18.6 Å². The first-order chi connectivity index (χ1) is 10.4. The smallest absolute Gasteiger partial charge is 0.180 e. The van der Waals surface area contributed by atoms with Gasteiger partial charge in [-0.05, 0) is 30.3 Å². The topological polar surface area (TPSA) is 67.3 Å². The third-order valence-electron chi connectivity index (χ3n) is 3.24. The molecule has 1 N–H and O–H groups in total. The number of rotatable bonds is 2. The summed E-state index contributed by atoms with van der Waals surface area (Å²) in [4.78, 5) is 20.9. The summed E-state index contributed by atoms with van der Waals surface area (Å²) in [6, 6.07) is 11.6. The third-order valence-corrected chi connectivity index (χ3v) is 3.24. The number of nitrogens with one attached hydrogen (secondary N) is 1. The Bertz CT molecular complexity index is 884. The lowest BCUT2D eigenvalue weighted by atomic mass is 10.1. The molecule has 21 heavy (non-hydrogen) atoms. The van der Waals surface area contributed by atoms with Crippen LogP contribution in [0.3, 0.4) is 0 Å². The summed E-state index contributed by atoms with van der Waals surface area (Å²) < 4.78 is 0. The van der Waals surface area contributed by atoms with Gasteiger partial charge in [-0.15, -0.1) is 0 Å². The number of H-pyrrole nitrogens is 1. The molecule has 0 fully saturated rings. The van der Waals surface area contributed by atoms with Crippen molar-refractivity contribution in [2.45, 2.75) is 0 Å². The van der Waals surface area contributed by atoms with Crippen LogP contribution in [-0.4, -0.2) is 24.9 Å². The largest absolute Gasteiger partial charge is 0.346 e. The van der Waals surface area contributed by atoms with Crippen LogP contribution in [0.5, 0.6) is 0 Å². The van der Waals surface area contributed by atoms with Gasteiger partial charge in [0.15, 0.2) is 5.82 Å². The van der Waals surface area contributed by atoms with Crippen molar-refractivity contribution >= 4 is 11.0 Å². The molecule has 0 radical (unpaired) electrons. The molecule has 4 aromatic rings. The van der Waals surface area contributed by atoms with Gasteiger partial charge in [0.05, 0.1) is 5.69 Å². The average molecular weight is 273 g/mol. The van der Waals surface area contributed by atoms with E-state index in [2.05, 4.69) is 24.9 Å². The van der Waals surface area contributed by atoms with Crippen molar-refractivity contribution in [3.8, 4) is 22.8 Å². The fourth-order valence-electron chi connectivity index (χ4n) is 2.27. The number of hydrogen-bond acceptors (Lipinski definition) is 4. The van der Waals surface area contributed by atoms with Gasteiger partial charge in [-0.3, -0.25) is 9.97 Å².